The van der Waals surface area contributed by atoms with Gasteiger partial charge in [0.1, 0.15) is 0 Å². The molecule has 3 rings (SSSR count). The smallest absolute Gasteiger partial charge is 0.362 e. The summed E-state index contributed by atoms with van der Waals surface area (Å²) in [5.41, 5.74) is -0.309. The van der Waals surface area contributed by atoms with E-state index in [1.165, 1.54) is 35.0 Å². The Morgan fingerprint density at radius 2 is 2.03 bits per heavy atom. The van der Waals surface area contributed by atoms with Crippen LogP contribution in [0.15, 0.2) is 42.6 Å². The number of halogens is 3. The van der Waals surface area contributed by atoms with E-state index in [1.54, 1.807) is 6.92 Å². The number of aliphatic hydroxyl groups is 1. The first-order valence-electron chi connectivity index (χ1n) is 8.28. The van der Waals surface area contributed by atoms with E-state index in [2.05, 4.69) is 17.1 Å². The summed E-state index contributed by atoms with van der Waals surface area (Å²) in [5.74, 6) is -1.39. The van der Waals surface area contributed by atoms with Crippen LogP contribution < -0.4 is 5.43 Å². The molecule has 154 valence electrons. The third-order valence-corrected chi connectivity index (χ3v) is 4.45. The average molecular weight is 411 g/mol. The van der Waals surface area contributed by atoms with Gasteiger partial charge < -0.3 is 15.2 Å². The van der Waals surface area contributed by atoms with Gasteiger partial charge >= 0.3 is 12.0 Å². The average Bonchev–Trinajstić information content (AvgIpc) is 3.15. The van der Waals surface area contributed by atoms with Crippen molar-refractivity contribution in [2.45, 2.75) is 31.8 Å². The first-order valence-corrected chi connectivity index (χ1v) is 8.28. The summed E-state index contributed by atoms with van der Waals surface area (Å²) < 4.78 is 41.2. The van der Waals surface area contributed by atoms with Gasteiger partial charge in [0, 0.05) is 17.7 Å². The van der Waals surface area contributed by atoms with Crippen molar-refractivity contribution in [1.29, 1.82) is 0 Å². The lowest BCUT2D eigenvalue weighted by molar-refractivity contribution is -0.389. The van der Waals surface area contributed by atoms with E-state index in [1.807, 2.05) is 0 Å². The number of nitrogens with zero attached hydrogens (tertiary/aromatic N) is 4. The van der Waals surface area contributed by atoms with Crippen molar-refractivity contribution in [2.75, 3.05) is 0 Å². The lowest BCUT2D eigenvalue weighted by atomic mass is 10.1. The van der Waals surface area contributed by atoms with Gasteiger partial charge in [-0.3, -0.25) is 10.2 Å². The minimum atomic E-state index is -5.08. The Morgan fingerprint density at radius 3 is 2.55 bits per heavy atom. The summed E-state index contributed by atoms with van der Waals surface area (Å²) in [6.45, 7) is 5.16. The molecule has 1 aromatic heterocycles. The van der Waals surface area contributed by atoms with Crippen LogP contribution in [0.4, 0.5) is 19.0 Å². The van der Waals surface area contributed by atoms with Crippen LogP contribution in [0.5, 0.6) is 0 Å². The number of hydrogen-bond acceptors (Lipinski definition) is 6. The maximum absolute atomic E-state index is 13.3. The summed E-state index contributed by atoms with van der Waals surface area (Å²) in [7, 11) is 0. The molecule has 0 radical (unpaired) electrons. The van der Waals surface area contributed by atoms with Crippen molar-refractivity contribution in [2.24, 2.45) is 0 Å². The number of carbonyl (C=O) groups is 1. The first-order chi connectivity index (χ1) is 13.4. The highest BCUT2D eigenvalue weighted by Gasteiger charge is 2.63. The molecule has 1 aliphatic rings. The predicted octanol–water partition coefficient (Wildman–Crippen LogP) is 2.26. The van der Waals surface area contributed by atoms with E-state index in [0.29, 0.717) is 11.3 Å². The largest absolute Gasteiger partial charge is 0.438 e. The summed E-state index contributed by atoms with van der Waals surface area (Å²) in [6, 6.07) is 6.87. The molecule has 1 saturated heterocycles. The van der Waals surface area contributed by atoms with Crippen LogP contribution in [-0.2, 0) is 6.54 Å². The maximum atomic E-state index is 13.3. The van der Waals surface area contributed by atoms with Crippen molar-refractivity contribution < 1.29 is 28.0 Å². The fourth-order valence-electron chi connectivity index (χ4n) is 2.91. The second kappa shape index (κ2) is 6.88. The van der Waals surface area contributed by atoms with Crippen molar-refractivity contribution >= 4 is 11.7 Å². The lowest BCUT2D eigenvalue weighted by Crippen LogP contribution is -2.59. The monoisotopic (exact) mass is 411 g/mol. The Kier molecular flexibility index (Phi) is 4.82. The van der Waals surface area contributed by atoms with E-state index < -0.39 is 29.2 Å². The number of aryl methyl sites for hydroxylation is 1. The summed E-state index contributed by atoms with van der Waals surface area (Å²) in [5, 5.41) is 24.8. The molecule has 29 heavy (non-hydrogen) atoms. The molecule has 0 aliphatic carbocycles. The van der Waals surface area contributed by atoms with Gasteiger partial charge in [-0.15, -0.1) is 0 Å². The third-order valence-electron chi connectivity index (χ3n) is 4.45. The van der Waals surface area contributed by atoms with E-state index in [-0.39, 0.29) is 28.6 Å². The van der Waals surface area contributed by atoms with Crippen molar-refractivity contribution in [3.8, 4) is 0 Å². The number of alkyl halides is 3. The molecule has 1 unspecified atom stereocenters. The molecule has 1 amide bonds. The van der Waals surface area contributed by atoms with Crippen LogP contribution in [0.2, 0.25) is 0 Å². The summed E-state index contributed by atoms with van der Waals surface area (Å²) >= 11 is 0. The molecule has 12 heteroatoms. The number of nitro groups is 1. The summed E-state index contributed by atoms with van der Waals surface area (Å²) in [4.78, 5) is 22.7. The minimum Gasteiger partial charge on any atom is -0.362 e. The summed E-state index contributed by atoms with van der Waals surface area (Å²) in [6.07, 6.45) is -5.96. The number of amides is 1. The molecule has 0 saturated carbocycles. The molecule has 1 aromatic carbocycles. The number of benzene rings is 1. The Hall–Kier alpha value is -3.41. The molecule has 2 heterocycles. The molecule has 0 bridgehead atoms. The maximum Gasteiger partial charge on any atom is 0.438 e. The Balaban J connectivity index is 1.80. The third kappa shape index (κ3) is 3.66. The highest BCUT2D eigenvalue weighted by Crippen LogP contribution is 2.41. The molecule has 9 nitrogen and oxygen atoms in total. The van der Waals surface area contributed by atoms with Gasteiger partial charge in [-0.05, 0) is 29.5 Å². The molecule has 0 spiro atoms. The highest BCUT2D eigenvalue weighted by molar-refractivity contribution is 5.94. The van der Waals surface area contributed by atoms with E-state index in [9.17, 15) is 33.2 Å². The lowest BCUT2D eigenvalue weighted by Gasteiger charge is -2.33. The van der Waals surface area contributed by atoms with Gasteiger partial charge in [0.15, 0.2) is 0 Å². The van der Waals surface area contributed by atoms with Gasteiger partial charge in [-0.25, -0.2) is 5.01 Å². The van der Waals surface area contributed by atoms with Crippen LogP contribution in [0, 0.1) is 17.0 Å². The molecule has 2 aromatic rings. The van der Waals surface area contributed by atoms with Crippen LogP contribution in [0.25, 0.3) is 0 Å². The number of rotatable bonds is 4. The molecule has 1 aliphatic heterocycles. The second-order valence-corrected chi connectivity index (χ2v) is 6.60. The van der Waals surface area contributed by atoms with Gasteiger partial charge in [0.05, 0.1) is 23.4 Å². The minimum absolute atomic E-state index is 0.0956. The Labute approximate surface area is 162 Å². The fourth-order valence-corrected chi connectivity index (χ4v) is 2.91. The molecule has 1 fully saturated rings. The van der Waals surface area contributed by atoms with Crippen molar-refractivity contribution in [1.82, 2.24) is 20.2 Å². The fraction of sp³-hybridized carbons (Fsp3) is 0.294. The van der Waals surface area contributed by atoms with Crippen LogP contribution in [-0.4, -0.2) is 42.6 Å². The van der Waals surface area contributed by atoms with Gasteiger partial charge in [-0.1, -0.05) is 18.7 Å². The SMILES string of the molecule is C=C1CC(O)(C(F)(F)F)N(C(=O)c2ccc(Cn3nc([N+](=O)[O-])cc3C)cc2)N1. The quantitative estimate of drug-likeness (QED) is 0.589. The molecular formula is C17H16F3N5O4. The van der Waals surface area contributed by atoms with Gasteiger partial charge in [0.2, 0.25) is 0 Å². The second-order valence-electron chi connectivity index (χ2n) is 6.60. The van der Waals surface area contributed by atoms with Crippen LogP contribution in [0.1, 0.15) is 28.0 Å². The number of carbonyl (C=O) groups excluding carboxylic acids is 1. The Bertz CT molecular complexity index is 986. The van der Waals surface area contributed by atoms with E-state index in [0.717, 1.165) is 0 Å². The van der Waals surface area contributed by atoms with Gasteiger partial charge in [-0.2, -0.15) is 17.9 Å². The van der Waals surface area contributed by atoms with Crippen LogP contribution in [0.3, 0.4) is 0 Å². The number of hydrogen-bond donors (Lipinski definition) is 2. The first kappa shape index (κ1) is 20.3. The van der Waals surface area contributed by atoms with Crippen molar-refractivity contribution in [3.63, 3.8) is 0 Å². The molecule has 2 N–H and O–H groups in total. The zero-order valence-corrected chi connectivity index (χ0v) is 15.1. The van der Waals surface area contributed by atoms with E-state index >= 15 is 0 Å². The normalized spacial score (nSPS) is 19.3. The van der Waals surface area contributed by atoms with E-state index in [4.69, 9.17) is 0 Å². The topological polar surface area (TPSA) is 114 Å². The van der Waals surface area contributed by atoms with Gasteiger partial charge in [0.25, 0.3) is 11.6 Å². The van der Waals surface area contributed by atoms with Crippen molar-refractivity contribution in [3.05, 3.63) is 69.5 Å². The number of nitrogens with one attached hydrogen (secondary N) is 1. The Morgan fingerprint density at radius 1 is 1.41 bits per heavy atom. The zero-order chi connectivity index (χ0) is 21.6. The highest BCUT2D eigenvalue weighted by atomic mass is 19.4. The predicted molar refractivity (Wildman–Crippen MR) is 93.2 cm³/mol. The molecular weight excluding hydrogens is 395 g/mol. The number of aromatic nitrogens is 2. The number of hydrazine groups is 1. The molecule has 1 atom stereocenters. The standard InChI is InChI=1S/C17H16F3N5O4/c1-10-8-16(27,17(18,19)20)24(21-10)15(26)13-5-3-12(4-6-13)9-23-11(2)7-14(22-23)25(28)29/h3-7,21,27H,1,8-9H2,2H3. The zero-order valence-electron chi connectivity index (χ0n) is 15.1. The van der Waals surface area contributed by atoms with Crippen LogP contribution >= 0.6 is 0 Å².